The molecule has 24 heavy (non-hydrogen) atoms. The minimum atomic E-state index is -1.03. The number of aryl methyl sites for hydroxylation is 1. The number of aromatic carboxylic acids is 1. The van der Waals surface area contributed by atoms with Crippen LogP contribution in [0.3, 0.4) is 0 Å². The fraction of sp³-hybridized carbons (Fsp3) is 0.294. The molecule has 1 N–H and O–H groups in total. The summed E-state index contributed by atoms with van der Waals surface area (Å²) < 4.78 is 10.6. The molecule has 2 rings (SSSR count). The van der Waals surface area contributed by atoms with Gasteiger partial charge in [0.15, 0.2) is 11.5 Å². The smallest absolute Gasteiger partial charge is 0.345 e. The van der Waals surface area contributed by atoms with Crippen LogP contribution >= 0.6 is 11.3 Å². The summed E-state index contributed by atoms with van der Waals surface area (Å²) in [4.78, 5) is 25.5. The molecule has 0 aliphatic heterocycles. The number of nitrogens with zero attached hydrogens (tertiary/aromatic N) is 1. The van der Waals surface area contributed by atoms with Gasteiger partial charge in [-0.15, -0.1) is 11.3 Å². The summed E-state index contributed by atoms with van der Waals surface area (Å²) in [5.41, 5.74) is 1.91. The quantitative estimate of drug-likeness (QED) is 0.867. The first kappa shape index (κ1) is 17.8. The Bertz CT molecular complexity index is 768. The van der Waals surface area contributed by atoms with Crippen LogP contribution in [0.25, 0.3) is 0 Å². The van der Waals surface area contributed by atoms with E-state index in [-0.39, 0.29) is 10.8 Å². The Morgan fingerprint density at radius 2 is 1.71 bits per heavy atom. The van der Waals surface area contributed by atoms with Crippen LogP contribution in [0.5, 0.6) is 11.5 Å². The average Bonchev–Trinajstić information content (AvgIpc) is 3.05. The number of carboxylic acid groups (broad SMARTS) is 1. The maximum atomic E-state index is 12.5. The van der Waals surface area contributed by atoms with Gasteiger partial charge in [0.25, 0.3) is 5.91 Å². The van der Waals surface area contributed by atoms with Gasteiger partial charge in [0, 0.05) is 13.6 Å². The number of ether oxygens (including phenoxy) is 2. The summed E-state index contributed by atoms with van der Waals surface area (Å²) in [5, 5.41) is 8.96. The molecule has 0 radical (unpaired) electrons. The molecule has 1 aromatic heterocycles. The Hall–Kier alpha value is -2.54. The van der Waals surface area contributed by atoms with Crippen molar-refractivity contribution in [2.24, 2.45) is 0 Å². The van der Waals surface area contributed by atoms with Crippen LogP contribution in [0.2, 0.25) is 0 Å². The monoisotopic (exact) mass is 349 g/mol. The Balaban J connectivity index is 2.20. The second-order valence-corrected chi connectivity index (χ2v) is 6.35. The van der Waals surface area contributed by atoms with Gasteiger partial charge in [-0.2, -0.15) is 0 Å². The lowest BCUT2D eigenvalue weighted by molar-refractivity contribution is 0.0701. The van der Waals surface area contributed by atoms with Crippen molar-refractivity contribution < 1.29 is 24.2 Å². The minimum absolute atomic E-state index is 0.147. The third kappa shape index (κ3) is 3.68. The van der Waals surface area contributed by atoms with Gasteiger partial charge >= 0.3 is 5.97 Å². The summed E-state index contributed by atoms with van der Waals surface area (Å²) in [6.07, 6.45) is 0. The number of thiophene rings is 1. The van der Waals surface area contributed by atoms with E-state index in [1.54, 1.807) is 26.2 Å². The van der Waals surface area contributed by atoms with Gasteiger partial charge in [-0.1, -0.05) is 0 Å². The number of carbonyl (C=O) groups excluding carboxylic acids is 1. The molecule has 0 aliphatic rings. The third-order valence-corrected chi connectivity index (χ3v) is 4.69. The van der Waals surface area contributed by atoms with E-state index in [0.29, 0.717) is 22.9 Å². The molecule has 0 spiro atoms. The maximum absolute atomic E-state index is 12.5. The summed E-state index contributed by atoms with van der Waals surface area (Å²) in [7, 11) is 4.81. The fourth-order valence-electron chi connectivity index (χ4n) is 2.28. The highest BCUT2D eigenvalue weighted by Gasteiger charge is 2.18. The predicted octanol–water partition coefficient (Wildman–Crippen LogP) is 3.04. The van der Waals surface area contributed by atoms with Crippen molar-refractivity contribution in [1.82, 2.24) is 4.90 Å². The number of carbonyl (C=O) groups is 2. The van der Waals surface area contributed by atoms with Gasteiger partial charge in [0.2, 0.25) is 0 Å². The van der Waals surface area contributed by atoms with Crippen molar-refractivity contribution in [3.05, 3.63) is 45.1 Å². The zero-order valence-corrected chi connectivity index (χ0v) is 14.8. The second-order valence-electron chi connectivity index (χ2n) is 5.26. The van der Waals surface area contributed by atoms with E-state index >= 15 is 0 Å². The van der Waals surface area contributed by atoms with E-state index in [0.717, 1.165) is 22.5 Å². The van der Waals surface area contributed by atoms with E-state index < -0.39 is 5.97 Å². The van der Waals surface area contributed by atoms with Crippen LogP contribution in [0, 0.1) is 6.92 Å². The third-order valence-electron chi connectivity index (χ3n) is 3.62. The van der Waals surface area contributed by atoms with Crippen LogP contribution in [0.4, 0.5) is 0 Å². The number of methoxy groups -OCH3 is 2. The molecule has 128 valence electrons. The standard InChI is InChI=1S/C17H19NO5S/c1-10-7-12(22-3)13(23-4)8-11(10)9-18(2)16(19)14-5-6-15(24-14)17(20)21/h5-8H,9H2,1-4H3,(H,20,21). The van der Waals surface area contributed by atoms with Crippen molar-refractivity contribution in [3.63, 3.8) is 0 Å². The number of amides is 1. The molecule has 0 bridgehead atoms. The number of hydrogen-bond acceptors (Lipinski definition) is 5. The van der Waals surface area contributed by atoms with E-state index in [2.05, 4.69) is 0 Å². The molecule has 0 aliphatic carbocycles. The van der Waals surface area contributed by atoms with Gasteiger partial charge in [-0.05, 0) is 42.3 Å². The topological polar surface area (TPSA) is 76.1 Å². The second kappa shape index (κ2) is 7.35. The molecule has 0 saturated carbocycles. The molecule has 1 heterocycles. The van der Waals surface area contributed by atoms with Crippen molar-refractivity contribution in [3.8, 4) is 11.5 Å². The molecule has 1 amide bonds. The Labute approximate surface area is 144 Å². The number of carboxylic acids is 1. The van der Waals surface area contributed by atoms with E-state index in [9.17, 15) is 9.59 Å². The molecule has 0 unspecified atom stereocenters. The van der Waals surface area contributed by atoms with E-state index in [1.165, 1.54) is 12.1 Å². The maximum Gasteiger partial charge on any atom is 0.345 e. The van der Waals surface area contributed by atoms with Gasteiger partial charge in [-0.3, -0.25) is 4.79 Å². The molecule has 2 aromatic rings. The van der Waals surface area contributed by atoms with Crippen LogP contribution < -0.4 is 9.47 Å². The summed E-state index contributed by atoms with van der Waals surface area (Å²) >= 11 is 0.970. The zero-order chi connectivity index (χ0) is 17.9. The lowest BCUT2D eigenvalue weighted by Crippen LogP contribution is -2.25. The highest BCUT2D eigenvalue weighted by molar-refractivity contribution is 7.15. The highest BCUT2D eigenvalue weighted by Crippen LogP contribution is 2.31. The van der Waals surface area contributed by atoms with Crippen LogP contribution in [0.15, 0.2) is 24.3 Å². The lowest BCUT2D eigenvalue weighted by Gasteiger charge is -2.19. The summed E-state index contributed by atoms with van der Waals surface area (Å²) in [6, 6.07) is 6.68. The highest BCUT2D eigenvalue weighted by atomic mass is 32.1. The van der Waals surface area contributed by atoms with Gasteiger partial charge in [0.05, 0.1) is 19.1 Å². The summed E-state index contributed by atoms with van der Waals surface area (Å²) in [5.74, 6) is -0.0144. The lowest BCUT2D eigenvalue weighted by atomic mass is 10.1. The largest absolute Gasteiger partial charge is 0.493 e. The van der Waals surface area contributed by atoms with Crippen molar-refractivity contribution in [2.75, 3.05) is 21.3 Å². The molecule has 0 fully saturated rings. The molecule has 6 nitrogen and oxygen atoms in total. The first-order valence-corrected chi connectivity index (χ1v) is 7.99. The van der Waals surface area contributed by atoms with Gasteiger partial charge < -0.3 is 19.5 Å². The number of rotatable bonds is 6. The molecular formula is C17H19NO5S. The Morgan fingerprint density at radius 1 is 1.12 bits per heavy atom. The molecule has 0 atom stereocenters. The van der Waals surface area contributed by atoms with Gasteiger partial charge in [0.1, 0.15) is 4.88 Å². The fourth-order valence-corrected chi connectivity index (χ4v) is 3.12. The molecule has 1 aromatic carbocycles. The Kier molecular flexibility index (Phi) is 5.46. The van der Waals surface area contributed by atoms with Gasteiger partial charge in [-0.25, -0.2) is 4.79 Å². The van der Waals surface area contributed by atoms with Crippen molar-refractivity contribution >= 4 is 23.2 Å². The minimum Gasteiger partial charge on any atom is -0.493 e. The summed E-state index contributed by atoms with van der Waals surface area (Å²) in [6.45, 7) is 2.31. The first-order chi connectivity index (χ1) is 11.4. The van der Waals surface area contributed by atoms with Crippen molar-refractivity contribution in [1.29, 1.82) is 0 Å². The van der Waals surface area contributed by atoms with Crippen LogP contribution in [0.1, 0.15) is 30.5 Å². The SMILES string of the molecule is COc1cc(C)c(CN(C)C(=O)c2ccc(C(=O)O)s2)cc1OC. The molecular weight excluding hydrogens is 330 g/mol. The van der Waals surface area contributed by atoms with Crippen LogP contribution in [-0.2, 0) is 6.54 Å². The van der Waals surface area contributed by atoms with E-state index in [4.69, 9.17) is 14.6 Å². The normalized spacial score (nSPS) is 10.3. The molecule has 7 heteroatoms. The number of benzene rings is 1. The molecule has 0 saturated heterocycles. The zero-order valence-electron chi connectivity index (χ0n) is 14.0. The number of hydrogen-bond donors (Lipinski definition) is 1. The van der Waals surface area contributed by atoms with E-state index in [1.807, 2.05) is 19.1 Å². The average molecular weight is 349 g/mol. The predicted molar refractivity (Wildman–Crippen MR) is 91.4 cm³/mol. The van der Waals surface area contributed by atoms with Crippen LogP contribution in [-0.4, -0.2) is 43.2 Å². The van der Waals surface area contributed by atoms with Crippen molar-refractivity contribution in [2.45, 2.75) is 13.5 Å². The first-order valence-electron chi connectivity index (χ1n) is 7.17. The Morgan fingerprint density at radius 3 is 2.25 bits per heavy atom.